The Bertz CT molecular complexity index is 1500. The minimum Gasteiger partial charge on any atom is -0.496 e. The Hall–Kier alpha value is -4.42. The molecule has 0 unspecified atom stereocenters. The van der Waals surface area contributed by atoms with Gasteiger partial charge in [-0.2, -0.15) is 13.2 Å². The van der Waals surface area contributed by atoms with Crippen molar-refractivity contribution in [3.63, 3.8) is 0 Å². The fourth-order valence-electron chi connectivity index (χ4n) is 4.07. The number of anilines is 2. The van der Waals surface area contributed by atoms with Crippen LogP contribution in [0.15, 0.2) is 42.7 Å². The lowest BCUT2D eigenvalue weighted by Crippen LogP contribution is -2.22. The maximum atomic E-state index is 14.6. The van der Waals surface area contributed by atoms with Gasteiger partial charge in [-0.05, 0) is 25.1 Å². The van der Waals surface area contributed by atoms with E-state index in [1.54, 1.807) is 17.6 Å². The maximum Gasteiger partial charge on any atom is 0.405 e. The maximum absolute atomic E-state index is 14.6. The summed E-state index contributed by atoms with van der Waals surface area (Å²) in [4.78, 5) is 19.7. The summed E-state index contributed by atoms with van der Waals surface area (Å²) in [5, 5.41) is 14.9. The summed E-state index contributed by atoms with van der Waals surface area (Å²) in [6, 6.07) is 8.11. The standard InChI is InChI=1S/C25H22F5N5O3/c1-13-7-16-20(38-2)9-17(26)22(27)23(16)35(13)6-5-31-21-10-18(33-12-34-21)14-3-4-15(24(36)37)19(8-14)32-11-25(28,29)30/h3-4,7-10,12,32H,5-6,11H2,1-2H3,(H,36,37)(H,31,33,34). The molecule has 0 bridgehead atoms. The third-order valence-electron chi connectivity index (χ3n) is 5.80. The number of nitrogens with one attached hydrogen (secondary N) is 2. The number of hydrogen-bond donors (Lipinski definition) is 3. The molecular weight excluding hydrogens is 513 g/mol. The van der Waals surface area contributed by atoms with E-state index >= 15 is 0 Å². The summed E-state index contributed by atoms with van der Waals surface area (Å²) in [6.45, 7) is 0.856. The Labute approximate surface area is 213 Å². The van der Waals surface area contributed by atoms with Crippen LogP contribution in [-0.2, 0) is 6.54 Å². The number of halogens is 5. The average Bonchev–Trinajstić information content (AvgIpc) is 3.20. The number of carbonyl (C=O) groups is 1. The third-order valence-corrected chi connectivity index (χ3v) is 5.80. The molecule has 0 atom stereocenters. The van der Waals surface area contributed by atoms with Gasteiger partial charge in [0.15, 0.2) is 11.6 Å². The number of carboxylic acid groups (broad SMARTS) is 1. The molecule has 2 heterocycles. The Morgan fingerprint density at radius 1 is 1.11 bits per heavy atom. The largest absolute Gasteiger partial charge is 0.496 e. The van der Waals surface area contributed by atoms with E-state index in [0.717, 1.165) is 6.07 Å². The van der Waals surface area contributed by atoms with Gasteiger partial charge >= 0.3 is 12.1 Å². The smallest absolute Gasteiger partial charge is 0.405 e. The van der Waals surface area contributed by atoms with E-state index in [-0.39, 0.29) is 35.6 Å². The molecule has 0 amide bonds. The number of nitrogens with zero attached hydrogens (tertiary/aromatic N) is 3. The molecule has 4 rings (SSSR count). The number of aryl methyl sites for hydroxylation is 1. The number of aromatic carboxylic acids is 1. The van der Waals surface area contributed by atoms with Gasteiger partial charge in [0.25, 0.3) is 0 Å². The van der Waals surface area contributed by atoms with Crippen LogP contribution in [0, 0.1) is 18.6 Å². The van der Waals surface area contributed by atoms with Crippen LogP contribution < -0.4 is 15.4 Å². The highest BCUT2D eigenvalue weighted by molar-refractivity contribution is 5.95. The Kier molecular flexibility index (Phi) is 7.37. The zero-order valence-corrected chi connectivity index (χ0v) is 20.2. The number of benzene rings is 2. The van der Waals surface area contributed by atoms with Crippen molar-refractivity contribution in [1.29, 1.82) is 0 Å². The second kappa shape index (κ2) is 10.5. The van der Waals surface area contributed by atoms with Crippen LogP contribution in [0.1, 0.15) is 16.1 Å². The van der Waals surface area contributed by atoms with Crippen LogP contribution in [0.4, 0.5) is 33.5 Å². The molecule has 0 radical (unpaired) electrons. The van der Waals surface area contributed by atoms with Crippen LogP contribution >= 0.6 is 0 Å². The molecule has 8 nitrogen and oxygen atoms in total. The SMILES string of the molecule is COc1cc(F)c(F)c2c1cc(C)n2CCNc1cc(-c2ccc(C(=O)O)c(NCC(F)(F)F)c2)ncn1. The van der Waals surface area contributed by atoms with Crippen LogP contribution in [0.3, 0.4) is 0 Å². The lowest BCUT2D eigenvalue weighted by molar-refractivity contribution is -0.115. The summed E-state index contributed by atoms with van der Waals surface area (Å²) in [5.41, 5.74) is 0.921. The highest BCUT2D eigenvalue weighted by Gasteiger charge is 2.27. The quantitative estimate of drug-likeness (QED) is 0.244. The second-order valence-electron chi connectivity index (χ2n) is 8.32. The molecule has 0 spiro atoms. The molecule has 0 saturated carbocycles. The predicted octanol–water partition coefficient (Wildman–Crippen LogP) is 5.48. The lowest BCUT2D eigenvalue weighted by Gasteiger charge is -2.14. The van der Waals surface area contributed by atoms with Gasteiger partial charge in [0, 0.05) is 47.6 Å². The van der Waals surface area contributed by atoms with Gasteiger partial charge in [0.2, 0.25) is 0 Å². The molecule has 4 aromatic rings. The van der Waals surface area contributed by atoms with Crippen molar-refractivity contribution < 1.29 is 36.6 Å². The van der Waals surface area contributed by atoms with E-state index in [2.05, 4.69) is 20.6 Å². The summed E-state index contributed by atoms with van der Waals surface area (Å²) in [6.07, 6.45) is -3.30. The number of ether oxygens (including phenoxy) is 1. The predicted molar refractivity (Wildman–Crippen MR) is 131 cm³/mol. The monoisotopic (exact) mass is 535 g/mol. The molecule has 3 N–H and O–H groups in total. The topological polar surface area (TPSA) is 101 Å². The van der Waals surface area contributed by atoms with E-state index in [9.17, 15) is 31.9 Å². The second-order valence-corrected chi connectivity index (χ2v) is 8.32. The highest BCUT2D eigenvalue weighted by atomic mass is 19.4. The van der Waals surface area contributed by atoms with E-state index in [1.807, 2.05) is 0 Å². The first-order chi connectivity index (χ1) is 18.0. The number of methoxy groups -OCH3 is 1. The molecule has 38 heavy (non-hydrogen) atoms. The van der Waals surface area contributed by atoms with Gasteiger partial charge in [-0.1, -0.05) is 6.07 Å². The minimum absolute atomic E-state index is 0.0712. The fourth-order valence-corrected chi connectivity index (χ4v) is 4.07. The molecule has 0 aliphatic heterocycles. The molecule has 0 aliphatic carbocycles. The van der Waals surface area contributed by atoms with Crippen LogP contribution in [0.25, 0.3) is 22.2 Å². The van der Waals surface area contributed by atoms with E-state index in [4.69, 9.17) is 4.74 Å². The molecule has 13 heteroatoms. The molecular formula is C25H22F5N5O3. The van der Waals surface area contributed by atoms with Crippen molar-refractivity contribution in [1.82, 2.24) is 14.5 Å². The van der Waals surface area contributed by atoms with Crippen LogP contribution in [0.2, 0.25) is 0 Å². The summed E-state index contributed by atoms with van der Waals surface area (Å²) in [7, 11) is 1.37. The first-order valence-corrected chi connectivity index (χ1v) is 11.2. The molecule has 0 aliphatic rings. The molecule has 2 aromatic heterocycles. The first-order valence-electron chi connectivity index (χ1n) is 11.2. The molecule has 200 valence electrons. The third kappa shape index (κ3) is 5.61. The number of fused-ring (bicyclic) bond motifs is 1. The molecule has 0 fully saturated rings. The number of aromatic nitrogens is 3. The van der Waals surface area contributed by atoms with E-state index in [0.29, 0.717) is 28.2 Å². The summed E-state index contributed by atoms with van der Waals surface area (Å²) in [5.74, 6) is -2.82. The van der Waals surface area contributed by atoms with E-state index < -0.39 is 30.3 Å². The van der Waals surface area contributed by atoms with Crippen molar-refractivity contribution in [2.24, 2.45) is 0 Å². The molecule has 0 saturated heterocycles. The number of carboxylic acids is 1. The Morgan fingerprint density at radius 2 is 1.87 bits per heavy atom. The van der Waals surface area contributed by atoms with Crippen molar-refractivity contribution >= 4 is 28.4 Å². The van der Waals surface area contributed by atoms with E-state index in [1.165, 1.54) is 37.7 Å². The average molecular weight is 535 g/mol. The summed E-state index contributed by atoms with van der Waals surface area (Å²) >= 11 is 0. The zero-order chi connectivity index (χ0) is 27.6. The van der Waals surface area contributed by atoms with Crippen LogP contribution in [0.5, 0.6) is 5.75 Å². The molecule has 2 aromatic carbocycles. The van der Waals surface area contributed by atoms with Gasteiger partial charge < -0.3 is 25.0 Å². The lowest BCUT2D eigenvalue weighted by atomic mass is 10.1. The van der Waals surface area contributed by atoms with Gasteiger partial charge in [0.05, 0.1) is 23.9 Å². The minimum atomic E-state index is -4.54. The van der Waals surface area contributed by atoms with Crippen molar-refractivity contribution in [3.05, 3.63) is 65.6 Å². The Morgan fingerprint density at radius 3 is 2.55 bits per heavy atom. The fraction of sp³-hybridized carbons (Fsp3) is 0.240. The number of rotatable bonds is 9. The Balaban J connectivity index is 1.54. The normalized spacial score (nSPS) is 11.6. The highest BCUT2D eigenvalue weighted by Crippen LogP contribution is 2.33. The van der Waals surface area contributed by atoms with Gasteiger partial charge in [0.1, 0.15) is 24.4 Å². The summed E-state index contributed by atoms with van der Waals surface area (Å²) < 4.78 is 73.5. The van der Waals surface area contributed by atoms with Crippen molar-refractivity contribution in [2.75, 3.05) is 30.8 Å². The first kappa shape index (κ1) is 26.6. The van der Waals surface area contributed by atoms with Crippen molar-refractivity contribution in [2.45, 2.75) is 19.6 Å². The van der Waals surface area contributed by atoms with Crippen molar-refractivity contribution in [3.8, 4) is 17.0 Å². The van der Waals surface area contributed by atoms with Gasteiger partial charge in [-0.15, -0.1) is 0 Å². The van der Waals surface area contributed by atoms with Gasteiger partial charge in [-0.25, -0.2) is 23.5 Å². The van der Waals surface area contributed by atoms with Crippen LogP contribution in [-0.4, -0.2) is 52.0 Å². The zero-order valence-electron chi connectivity index (χ0n) is 20.2. The van der Waals surface area contributed by atoms with Gasteiger partial charge in [-0.3, -0.25) is 0 Å². The number of hydrogen-bond acceptors (Lipinski definition) is 6. The number of alkyl halides is 3.